The number of ether oxygens (including phenoxy) is 1. The van der Waals surface area contributed by atoms with Crippen LogP contribution in [0.4, 0.5) is 0 Å². The first-order valence-electron chi connectivity index (χ1n) is 8.96. The van der Waals surface area contributed by atoms with E-state index in [2.05, 4.69) is 0 Å². The van der Waals surface area contributed by atoms with Gasteiger partial charge in [0.25, 0.3) is 0 Å². The molecule has 0 bridgehead atoms. The standard InChI is InChI=1S/C18H24ClN3O4S/c19-17-3-1-16(2-4-17)5-14-27(24,25)22-8-6-20(7-9-22)15-18(23)21-10-12-26-13-11-21/h1-5,14H,6-13,15H2/b14-5+. The average Bonchev–Trinajstić information content (AvgIpc) is 2.69. The molecule has 0 spiro atoms. The second kappa shape index (κ2) is 9.16. The second-order valence-corrected chi connectivity index (χ2v) is 8.82. The van der Waals surface area contributed by atoms with E-state index in [1.54, 1.807) is 30.3 Å². The minimum Gasteiger partial charge on any atom is -0.378 e. The molecule has 0 atom stereocenters. The van der Waals surface area contributed by atoms with Crippen molar-refractivity contribution in [3.05, 3.63) is 40.3 Å². The predicted octanol–water partition coefficient (Wildman–Crippen LogP) is 1.12. The van der Waals surface area contributed by atoms with Crippen LogP contribution in [0.5, 0.6) is 0 Å². The Labute approximate surface area is 165 Å². The summed E-state index contributed by atoms with van der Waals surface area (Å²) in [5, 5.41) is 1.84. The SMILES string of the molecule is O=C(CN1CCN(S(=O)(=O)/C=C/c2ccc(Cl)cc2)CC1)N1CCOCC1. The fourth-order valence-electron chi connectivity index (χ4n) is 3.07. The fourth-order valence-corrected chi connectivity index (χ4v) is 4.37. The van der Waals surface area contributed by atoms with Gasteiger partial charge in [-0.15, -0.1) is 0 Å². The third kappa shape index (κ3) is 5.76. The second-order valence-electron chi connectivity index (χ2n) is 6.57. The van der Waals surface area contributed by atoms with Crippen molar-refractivity contribution in [3.63, 3.8) is 0 Å². The van der Waals surface area contributed by atoms with E-state index < -0.39 is 10.0 Å². The smallest absolute Gasteiger partial charge is 0.236 e. The van der Waals surface area contributed by atoms with Crippen molar-refractivity contribution in [3.8, 4) is 0 Å². The molecule has 0 unspecified atom stereocenters. The number of rotatable bonds is 5. The van der Waals surface area contributed by atoms with E-state index in [0.29, 0.717) is 64.0 Å². The third-order valence-electron chi connectivity index (χ3n) is 4.72. The molecule has 2 aliphatic rings. The molecule has 0 aromatic heterocycles. The zero-order valence-corrected chi connectivity index (χ0v) is 16.7. The van der Waals surface area contributed by atoms with Gasteiger partial charge in [0.1, 0.15) is 0 Å². The van der Waals surface area contributed by atoms with Crippen molar-refractivity contribution in [2.75, 3.05) is 59.0 Å². The molecule has 2 aliphatic heterocycles. The van der Waals surface area contributed by atoms with Gasteiger partial charge in [0.15, 0.2) is 0 Å². The van der Waals surface area contributed by atoms with E-state index in [1.807, 2.05) is 9.80 Å². The average molecular weight is 414 g/mol. The molecule has 7 nitrogen and oxygen atoms in total. The molecule has 0 N–H and O–H groups in total. The van der Waals surface area contributed by atoms with Gasteiger partial charge < -0.3 is 9.64 Å². The Morgan fingerprint density at radius 3 is 2.30 bits per heavy atom. The van der Waals surface area contributed by atoms with Crippen LogP contribution in [0.2, 0.25) is 5.02 Å². The zero-order valence-electron chi connectivity index (χ0n) is 15.1. The van der Waals surface area contributed by atoms with Crippen LogP contribution in [0.1, 0.15) is 5.56 Å². The lowest BCUT2D eigenvalue weighted by molar-refractivity contribution is -0.136. The van der Waals surface area contributed by atoms with Crippen LogP contribution < -0.4 is 0 Å². The minimum atomic E-state index is -3.48. The number of hydrogen-bond donors (Lipinski definition) is 0. The quantitative estimate of drug-likeness (QED) is 0.723. The number of carbonyl (C=O) groups is 1. The number of benzene rings is 1. The van der Waals surface area contributed by atoms with E-state index in [4.69, 9.17) is 16.3 Å². The van der Waals surface area contributed by atoms with Crippen LogP contribution in [-0.2, 0) is 19.6 Å². The van der Waals surface area contributed by atoms with Crippen molar-refractivity contribution in [1.29, 1.82) is 0 Å². The summed E-state index contributed by atoms with van der Waals surface area (Å²) in [7, 11) is -3.48. The number of carbonyl (C=O) groups excluding carboxylic acids is 1. The number of hydrogen-bond acceptors (Lipinski definition) is 5. The summed E-state index contributed by atoms with van der Waals surface area (Å²) < 4.78 is 31.7. The Hall–Kier alpha value is -1.45. The lowest BCUT2D eigenvalue weighted by atomic mass is 10.2. The van der Waals surface area contributed by atoms with Crippen LogP contribution in [0.25, 0.3) is 6.08 Å². The Bertz CT molecular complexity index is 768. The molecule has 148 valence electrons. The van der Waals surface area contributed by atoms with Gasteiger partial charge in [-0.3, -0.25) is 9.69 Å². The lowest BCUT2D eigenvalue weighted by Crippen LogP contribution is -2.52. The summed E-state index contributed by atoms with van der Waals surface area (Å²) in [6, 6.07) is 6.98. The van der Waals surface area contributed by atoms with Gasteiger partial charge in [0.05, 0.1) is 19.8 Å². The maximum atomic E-state index is 12.5. The number of sulfonamides is 1. The van der Waals surface area contributed by atoms with Crippen LogP contribution in [-0.4, -0.2) is 87.5 Å². The largest absolute Gasteiger partial charge is 0.378 e. The summed E-state index contributed by atoms with van der Waals surface area (Å²) in [5.74, 6) is 0.0808. The van der Waals surface area contributed by atoms with Crippen LogP contribution in [0.15, 0.2) is 29.7 Å². The van der Waals surface area contributed by atoms with Crippen LogP contribution in [0, 0.1) is 0 Å². The van der Waals surface area contributed by atoms with E-state index >= 15 is 0 Å². The highest BCUT2D eigenvalue weighted by Crippen LogP contribution is 2.14. The van der Waals surface area contributed by atoms with Crippen molar-refractivity contribution in [2.45, 2.75) is 0 Å². The highest BCUT2D eigenvalue weighted by molar-refractivity contribution is 7.92. The molecule has 2 saturated heterocycles. The van der Waals surface area contributed by atoms with E-state index in [1.165, 1.54) is 9.71 Å². The molecule has 27 heavy (non-hydrogen) atoms. The van der Waals surface area contributed by atoms with E-state index in [9.17, 15) is 13.2 Å². The van der Waals surface area contributed by atoms with Gasteiger partial charge in [-0.25, -0.2) is 8.42 Å². The number of amides is 1. The van der Waals surface area contributed by atoms with Crippen molar-refractivity contribution >= 4 is 33.6 Å². The van der Waals surface area contributed by atoms with Gasteiger partial charge in [-0.05, 0) is 23.8 Å². The Morgan fingerprint density at radius 1 is 1.04 bits per heavy atom. The number of nitrogens with zero attached hydrogens (tertiary/aromatic N) is 3. The summed E-state index contributed by atoms with van der Waals surface area (Å²) in [6.07, 6.45) is 1.57. The minimum absolute atomic E-state index is 0.0808. The monoisotopic (exact) mass is 413 g/mol. The Balaban J connectivity index is 1.50. The molecule has 1 aromatic carbocycles. The molecule has 9 heteroatoms. The molecular weight excluding hydrogens is 390 g/mol. The van der Waals surface area contributed by atoms with Gasteiger partial charge >= 0.3 is 0 Å². The maximum absolute atomic E-state index is 12.5. The van der Waals surface area contributed by atoms with Gasteiger partial charge in [0, 0.05) is 49.7 Å². The van der Waals surface area contributed by atoms with Gasteiger partial charge in [0.2, 0.25) is 15.9 Å². The maximum Gasteiger partial charge on any atom is 0.236 e. The van der Waals surface area contributed by atoms with Crippen LogP contribution >= 0.6 is 11.6 Å². The molecular formula is C18H24ClN3O4S. The highest BCUT2D eigenvalue weighted by Gasteiger charge is 2.27. The number of piperazine rings is 1. The van der Waals surface area contributed by atoms with E-state index in [0.717, 1.165) is 5.56 Å². The zero-order chi connectivity index (χ0) is 19.3. The topological polar surface area (TPSA) is 70.2 Å². The predicted molar refractivity (Wildman–Crippen MR) is 105 cm³/mol. The first kappa shape index (κ1) is 20.3. The number of halogens is 1. The molecule has 2 heterocycles. The third-order valence-corrected chi connectivity index (χ3v) is 6.53. The Kier molecular flexibility index (Phi) is 6.88. The van der Waals surface area contributed by atoms with Crippen molar-refractivity contribution in [2.24, 2.45) is 0 Å². The first-order valence-corrected chi connectivity index (χ1v) is 10.8. The molecule has 1 aromatic rings. The summed E-state index contributed by atoms with van der Waals surface area (Å²) in [6.45, 7) is 4.59. The summed E-state index contributed by atoms with van der Waals surface area (Å²) in [4.78, 5) is 16.1. The fraction of sp³-hybridized carbons (Fsp3) is 0.500. The molecule has 3 rings (SSSR count). The first-order chi connectivity index (χ1) is 12.9. The molecule has 1 amide bonds. The molecule has 0 saturated carbocycles. The van der Waals surface area contributed by atoms with Crippen molar-refractivity contribution < 1.29 is 17.9 Å². The summed E-state index contributed by atoms with van der Waals surface area (Å²) in [5.41, 5.74) is 0.776. The van der Waals surface area contributed by atoms with Crippen LogP contribution in [0.3, 0.4) is 0 Å². The normalized spacial score (nSPS) is 20.3. The van der Waals surface area contributed by atoms with E-state index in [-0.39, 0.29) is 5.91 Å². The van der Waals surface area contributed by atoms with Gasteiger partial charge in [-0.1, -0.05) is 23.7 Å². The number of morpholine rings is 1. The molecule has 0 aliphatic carbocycles. The summed E-state index contributed by atoms with van der Waals surface area (Å²) >= 11 is 5.83. The van der Waals surface area contributed by atoms with Gasteiger partial charge in [-0.2, -0.15) is 4.31 Å². The lowest BCUT2D eigenvalue weighted by Gasteiger charge is -2.35. The molecule has 2 fully saturated rings. The Morgan fingerprint density at radius 2 is 1.67 bits per heavy atom. The highest BCUT2D eigenvalue weighted by atomic mass is 35.5. The molecule has 0 radical (unpaired) electrons. The van der Waals surface area contributed by atoms with Crippen molar-refractivity contribution in [1.82, 2.24) is 14.1 Å².